The minimum atomic E-state index is -0.641. The third-order valence-corrected chi connectivity index (χ3v) is 2.45. The van der Waals surface area contributed by atoms with Crippen LogP contribution in [0.2, 0.25) is 0 Å². The maximum atomic E-state index is 11.4. The number of carbonyl (C=O) groups is 1. The molecular formula is C10H15NO4. The van der Waals surface area contributed by atoms with E-state index in [4.69, 9.17) is 4.74 Å². The van der Waals surface area contributed by atoms with Crippen molar-refractivity contribution in [3.8, 4) is 0 Å². The lowest BCUT2D eigenvalue weighted by Gasteiger charge is -2.21. The minimum absolute atomic E-state index is 0.0468. The standard InChI is InChI=1S/C10H15NO4/c1-8(7-11(13)14)10(12)15-9-5-3-2-4-6-9/h7,9H,2-6H2,1H3/b8-7+. The van der Waals surface area contributed by atoms with Gasteiger partial charge in [-0.05, 0) is 32.6 Å². The predicted octanol–water partition coefficient (Wildman–Crippen LogP) is 2.04. The fourth-order valence-corrected chi connectivity index (χ4v) is 1.64. The second kappa shape index (κ2) is 5.48. The molecule has 0 aromatic heterocycles. The number of carbonyl (C=O) groups excluding carboxylic acids is 1. The number of rotatable bonds is 3. The van der Waals surface area contributed by atoms with Gasteiger partial charge in [-0.3, -0.25) is 10.1 Å². The molecule has 1 saturated carbocycles. The highest BCUT2D eigenvalue weighted by molar-refractivity contribution is 5.87. The summed E-state index contributed by atoms with van der Waals surface area (Å²) >= 11 is 0. The van der Waals surface area contributed by atoms with Crippen molar-refractivity contribution in [3.05, 3.63) is 21.9 Å². The first-order chi connectivity index (χ1) is 7.09. The van der Waals surface area contributed by atoms with E-state index in [9.17, 15) is 14.9 Å². The van der Waals surface area contributed by atoms with Gasteiger partial charge in [-0.2, -0.15) is 0 Å². The third kappa shape index (κ3) is 4.10. The van der Waals surface area contributed by atoms with Gasteiger partial charge < -0.3 is 4.74 Å². The minimum Gasteiger partial charge on any atom is -0.459 e. The summed E-state index contributed by atoms with van der Waals surface area (Å²) in [5.74, 6) is -0.571. The van der Waals surface area contributed by atoms with Gasteiger partial charge in [-0.1, -0.05) is 6.42 Å². The molecule has 1 aliphatic carbocycles. The first-order valence-electron chi connectivity index (χ1n) is 5.12. The van der Waals surface area contributed by atoms with E-state index in [1.54, 1.807) is 0 Å². The van der Waals surface area contributed by atoms with Gasteiger partial charge in [0, 0.05) is 0 Å². The van der Waals surface area contributed by atoms with E-state index in [0.717, 1.165) is 25.7 Å². The van der Waals surface area contributed by atoms with Crippen LogP contribution in [-0.4, -0.2) is 17.0 Å². The van der Waals surface area contributed by atoms with Crippen molar-refractivity contribution in [2.24, 2.45) is 0 Å². The van der Waals surface area contributed by atoms with Crippen LogP contribution in [-0.2, 0) is 9.53 Å². The smallest absolute Gasteiger partial charge is 0.340 e. The molecule has 1 rings (SSSR count). The molecule has 0 spiro atoms. The van der Waals surface area contributed by atoms with Crippen molar-refractivity contribution in [2.75, 3.05) is 0 Å². The molecular weight excluding hydrogens is 198 g/mol. The highest BCUT2D eigenvalue weighted by atomic mass is 16.6. The highest BCUT2D eigenvalue weighted by Crippen LogP contribution is 2.21. The Hall–Kier alpha value is -1.39. The Labute approximate surface area is 88.3 Å². The molecule has 0 atom stereocenters. The predicted molar refractivity (Wildman–Crippen MR) is 53.7 cm³/mol. The fraction of sp³-hybridized carbons (Fsp3) is 0.700. The molecule has 0 amide bonds. The molecule has 0 heterocycles. The van der Waals surface area contributed by atoms with Crippen LogP contribution in [0, 0.1) is 10.1 Å². The SMILES string of the molecule is C/C(=C\[N+](=O)[O-])C(=O)OC1CCCCC1. The molecule has 1 aliphatic rings. The van der Waals surface area contributed by atoms with Gasteiger partial charge in [0.2, 0.25) is 6.20 Å². The first-order valence-corrected chi connectivity index (χ1v) is 5.12. The van der Waals surface area contributed by atoms with Crippen LogP contribution < -0.4 is 0 Å². The summed E-state index contributed by atoms with van der Waals surface area (Å²) in [5, 5.41) is 10.1. The molecule has 15 heavy (non-hydrogen) atoms. The van der Waals surface area contributed by atoms with Crippen molar-refractivity contribution in [2.45, 2.75) is 45.1 Å². The van der Waals surface area contributed by atoms with Crippen LogP contribution in [0.1, 0.15) is 39.0 Å². The summed E-state index contributed by atoms with van der Waals surface area (Å²) < 4.78 is 5.14. The molecule has 0 aromatic rings. The normalized spacial score (nSPS) is 18.6. The number of nitro groups is 1. The van der Waals surface area contributed by atoms with E-state index in [2.05, 4.69) is 0 Å². The fourth-order valence-electron chi connectivity index (χ4n) is 1.64. The van der Waals surface area contributed by atoms with E-state index in [0.29, 0.717) is 6.20 Å². The molecule has 0 radical (unpaired) electrons. The Kier molecular flexibility index (Phi) is 4.27. The van der Waals surface area contributed by atoms with Gasteiger partial charge in [-0.25, -0.2) is 4.79 Å². The third-order valence-electron chi connectivity index (χ3n) is 2.45. The van der Waals surface area contributed by atoms with Gasteiger partial charge in [-0.15, -0.1) is 0 Å². The summed E-state index contributed by atoms with van der Waals surface area (Å²) in [6.07, 6.45) is 5.69. The number of hydrogen-bond donors (Lipinski definition) is 0. The monoisotopic (exact) mass is 213 g/mol. The lowest BCUT2D eigenvalue weighted by atomic mass is 9.98. The lowest BCUT2D eigenvalue weighted by Crippen LogP contribution is -2.21. The van der Waals surface area contributed by atoms with Crippen LogP contribution in [0.5, 0.6) is 0 Å². The second-order valence-electron chi connectivity index (χ2n) is 3.76. The highest BCUT2D eigenvalue weighted by Gasteiger charge is 2.19. The van der Waals surface area contributed by atoms with E-state index in [1.807, 2.05) is 0 Å². The van der Waals surface area contributed by atoms with E-state index >= 15 is 0 Å². The Morgan fingerprint density at radius 1 is 1.40 bits per heavy atom. The summed E-state index contributed by atoms with van der Waals surface area (Å²) in [6.45, 7) is 1.40. The van der Waals surface area contributed by atoms with Crippen molar-refractivity contribution in [3.63, 3.8) is 0 Å². The van der Waals surface area contributed by atoms with Gasteiger partial charge in [0.1, 0.15) is 11.7 Å². The average Bonchev–Trinajstić information content (AvgIpc) is 2.18. The second-order valence-corrected chi connectivity index (χ2v) is 3.76. The summed E-state index contributed by atoms with van der Waals surface area (Å²) in [7, 11) is 0. The number of esters is 1. The molecule has 0 aromatic carbocycles. The zero-order chi connectivity index (χ0) is 11.3. The molecule has 5 heteroatoms. The van der Waals surface area contributed by atoms with Gasteiger partial charge in [0.15, 0.2) is 0 Å². The molecule has 0 unspecified atom stereocenters. The van der Waals surface area contributed by atoms with Crippen LogP contribution >= 0.6 is 0 Å². The zero-order valence-corrected chi connectivity index (χ0v) is 8.77. The van der Waals surface area contributed by atoms with Crippen molar-refractivity contribution < 1.29 is 14.5 Å². The summed E-state index contributed by atoms with van der Waals surface area (Å²) in [6, 6.07) is 0. The first kappa shape index (κ1) is 11.7. The molecule has 1 fully saturated rings. The molecule has 0 saturated heterocycles. The van der Waals surface area contributed by atoms with Crippen LogP contribution in [0.4, 0.5) is 0 Å². The van der Waals surface area contributed by atoms with E-state index in [-0.39, 0.29) is 11.7 Å². The molecule has 5 nitrogen and oxygen atoms in total. The summed E-state index contributed by atoms with van der Waals surface area (Å²) in [4.78, 5) is 20.8. The van der Waals surface area contributed by atoms with Crippen molar-refractivity contribution in [1.82, 2.24) is 0 Å². The topological polar surface area (TPSA) is 69.4 Å². The molecule has 0 aliphatic heterocycles. The average molecular weight is 213 g/mol. The Morgan fingerprint density at radius 3 is 2.53 bits per heavy atom. The maximum Gasteiger partial charge on any atom is 0.340 e. The maximum absolute atomic E-state index is 11.4. The van der Waals surface area contributed by atoms with Crippen molar-refractivity contribution in [1.29, 1.82) is 0 Å². The van der Waals surface area contributed by atoms with Gasteiger partial charge >= 0.3 is 5.97 Å². The quantitative estimate of drug-likeness (QED) is 0.311. The largest absolute Gasteiger partial charge is 0.459 e. The number of nitrogens with zero attached hydrogens (tertiary/aromatic N) is 1. The Balaban J connectivity index is 2.43. The van der Waals surface area contributed by atoms with Crippen LogP contribution in [0.15, 0.2) is 11.8 Å². The van der Waals surface area contributed by atoms with Crippen LogP contribution in [0.25, 0.3) is 0 Å². The van der Waals surface area contributed by atoms with E-state index < -0.39 is 10.9 Å². The molecule has 84 valence electrons. The number of hydrogen-bond acceptors (Lipinski definition) is 4. The molecule has 0 bridgehead atoms. The number of ether oxygens (including phenoxy) is 1. The zero-order valence-electron chi connectivity index (χ0n) is 8.77. The van der Waals surface area contributed by atoms with Gasteiger partial charge in [0.25, 0.3) is 0 Å². The van der Waals surface area contributed by atoms with Crippen molar-refractivity contribution >= 4 is 5.97 Å². The van der Waals surface area contributed by atoms with Gasteiger partial charge in [0.05, 0.1) is 4.92 Å². The Morgan fingerprint density at radius 2 is 2.00 bits per heavy atom. The van der Waals surface area contributed by atoms with E-state index in [1.165, 1.54) is 13.3 Å². The van der Waals surface area contributed by atoms with Crippen LogP contribution in [0.3, 0.4) is 0 Å². The summed E-state index contributed by atoms with van der Waals surface area (Å²) in [5.41, 5.74) is 0.0468. The molecule has 0 N–H and O–H groups in total. The lowest BCUT2D eigenvalue weighted by molar-refractivity contribution is -0.403. The Bertz CT molecular complexity index is 279.